The van der Waals surface area contributed by atoms with Crippen LogP contribution in [-0.2, 0) is 0 Å². The van der Waals surface area contributed by atoms with Gasteiger partial charge >= 0.3 is 0 Å². The van der Waals surface area contributed by atoms with Crippen molar-refractivity contribution in [2.24, 2.45) is 5.84 Å². The maximum absolute atomic E-state index is 9.45. The van der Waals surface area contributed by atoms with Crippen LogP contribution in [0.15, 0.2) is 6.07 Å². The van der Waals surface area contributed by atoms with E-state index < -0.39 is 5.54 Å². The fraction of sp³-hybridized carbons (Fsp3) is 0.667. The third kappa shape index (κ3) is 3.12. The fourth-order valence-electron chi connectivity index (χ4n) is 1.84. The molecular weight excluding hydrogens is 246 g/mol. The molecule has 1 aliphatic carbocycles. The Hall–Kier alpha value is -1.44. The molecule has 0 spiro atoms. The van der Waals surface area contributed by atoms with Crippen LogP contribution in [0, 0.1) is 0 Å². The number of nitrogens with zero attached hydrogens (tertiary/aromatic N) is 2. The number of aliphatic hydroxyl groups excluding tert-OH is 2. The number of hydrogen-bond acceptors (Lipinski definition) is 7. The highest BCUT2D eigenvalue weighted by Gasteiger charge is 2.30. The summed E-state index contributed by atoms with van der Waals surface area (Å²) in [4.78, 5) is 8.74. The maximum Gasteiger partial charge on any atom is 0.145 e. The van der Waals surface area contributed by atoms with E-state index in [9.17, 15) is 10.2 Å². The van der Waals surface area contributed by atoms with Crippen molar-refractivity contribution in [2.45, 2.75) is 37.6 Å². The Morgan fingerprint density at radius 3 is 2.42 bits per heavy atom. The Morgan fingerprint density at radius 2 is 1.95 bits per heavy atom. The number of hydrogen-bond donors (Lipinski definition) is 5. The second kappa shape index (κ2) is 5.68. The number of nitrogens with one attached hydrogen (secondary N) is 2. The minimum Gasteiger partial charge on any atom is -0.394 e. The summed E-state index contributed by atoms with van der Waals surface area (Å²) >= 11 is 0. The van der Waals surface area contributed by atoms with E-state index in [1.807, 2.05) is 6.92 Å². The molecule has 2 rings (SSSR count). The molecular formula is C12H21N5O2. The molecule has 7 heteroatoms. The van der Waals surface area contributed by atoms with Crippen molar-refractivity contribution in [3.05, 3.63) is 11.9 Å². The first kappa shape index (κ1) is 14.0. The molecule has 1 saturated carbocycles. The second-order valence-corrected chi connectivity index (χ2v) is 4.99. The minimum absolute atomic E-state index is 0.172. The smallest absolute Gasteiger partial charge is 0.145 e. The van der Waals surface area contributed by atoms with Crippen LogP contribution in [0.1, 0.15) is 37.9 Å². The predicted molar refractivity (Wildman–Crippen MR) is 72.6 cm³/mol. The number of rotatable bonds is 7. The molecule has 0 bridgehead atoms. The largest absolute Gasteiger partial charge is 0.394 e. The Morgan fingerprint density at radius 1 is 1.32 bits per heavy atom. The van der Waals surface area contributed by atoms with Gasteiger partial charge in [-0.2, -0.15) is 0 Å². The lowest BCUT2D eigenvalue weighted by Gasteiger charge is -2.30. The average Bonchev–Trinajstić information content (AvgIpc) is 3.29. The topological polar surface area (TPSA) is 116 Å². The van der Waals surface area contributed by atoms with E-state index in [1.54, 1.807) is 6.07 Å². The highest BCUT2D eigenvalue weighted by Crippen LogP contribution is 2.39. The molecule has 1 aliphatic rings. The Balaban J connectivity index is 2.25. The van der Waals surface area contributed by atoms with Crippen molar-refractivity contribution in [1.29, 1.82) is 0 Å². The van der Waals surface area contributed by atoms with E-state index in [0.717, 1.165) is 18.7 Å². The quantitative estimate of drug-likeness (QED) is 0.353. The summed E-state index contributed by atoms with van der Waals surface area (Å²) in [6, 6.07) is 1.67. The van der Waals surface area contributed by atoms with Crippen LogP contribution in [0.3, 0.4) is 0 Å². The summed E-state index contributed by atoms with van der Waals surface area (Å²) in [5.74, 6) is 7.64. The van der Waals surface area contributed by atoms with Gasteiger partial charge in [-0.05, 0) is 19.3 Å². The van der Waals surface area contributed by atoms with Crippen molar-refractivity contribution < 1.29 is 10.2 Å². The van der Waals surface area contributed by atoms with Gasteiger partial charge in [0.2, 0.25) is 0 Å². The van der Waals surface area contributed by atoms with Gasteiger partial charge in [-0.1, -0.05) is 6.92 Å². The monoisotopic (exact) mass is 267 g/mol. The number of hydrazine groups is 1. The van der Waals surface area contributed by atoms with Gasteiger partial charge in [-0.25, -0.2) is 15.8 Å². The van der Waals surface area contributed by atoms with Crippen LogP contribution in [0.25, 0.3) is 0 Å². The van der Waals surface area contributed by atoms with Crippen molar-refractivity contribution in [2.75, 3.05) is 24.0 Å². The highest BCUT2D eigenvalue weighted by molar-refractivity contribution is 5.49. The molecule has 1 aromatic rings. The average molecular weight is 267 g/mol. The van der Waals surface area contributed by atoms with Crippen molar-refractivity contribution >= 4 is 11.6 Å². The SMILES string of the molecule is CCC(CO)(CO)Nc1cc(NN)nc(C2CC2)n1. The first-order valence-electron chi connectivity index (χ1n) is 6.52. The summed E-state index contributed by atoms with van der Waals surface area (Å²) < 4.78 is 0. The van der Waals surface area contributed by atoms with E-state index in [-0.39, 0.29) is 13.2 Å². The molecule has 7 nitrogen and oxygen atoms in total. The van der Waals surface area contributed by atoms with Crippen LogP contribution in [0.2, 0.25) is 0 Å². The summed E-state index contributed by atoms with van der Waals surface area (Å²) in [6.07, 6.45) is 2.76. The van der Waals surface area contributed by atoms with E-state index in [1.165, 1.54) is 0 Å². The molecule has 1 fully saturated rings. The third-order valence-corrected chi connectivity index (χ3v) is 3.51. The minimum atomic E-state index is -0.777. The molecule has 1 heterocycles. The second-order valence-electron chi connectivity index (χ2n) is 4.99. The number of anilines is 2. The van der Waals surface area contributed by atoms with Gasteiger partial charge in [0.25, 0.3) is 0 Å². The first-order valence-corrected chi connectivity index (χ1v) is 6.52. The predicted octanol–water partition coefficient (Wildman–Crippen LogP) is 0.185. The molecule has 0 unspecified atom stereocenters. The zero-order chi connectivity index (χ0) is 13.9. The Labute approximate surface area is 112 Å². The van der Waals surface area contributed by atoms with Gasteiger partial charge < -0.3 is 21.0 Å². The number of nitrogens with two attached hydrogens (primary N) is 1. The lowest BCUT2D eigenvalue weighted by Crippen LogP contribution is -2.45. The maximum atomic E-state index is 9.45. The van der Waals surface area contributed by atoms with E-state index in [2.05, 4.69) is 20.7 Å². The molecule has 1 aromatic heterocycles. The molecule has 0 amide bonds. The highest BCUT2D eigenvalue weighted by atomic mass is 16.3. The van der Waals surface area contributed by atoms with Crippen LogP contribution < -0.4 is 16.6 Å². The van der Waals surface area contributed by atoms with E-state index in [4.69, 9.17) is 5.84 Å². The van der Waals surface area contributed by atoms with Crippen LogP contribution in [-0.4, -0.2) is 38.9 Å². The molecule has 0 atom stereocenters. The molecule has 19 heavy (non-hydrogen) atoms. The molecule has 0 aliphatic heterocycles. The molecule has 0 radical (unpaired) electrons. The zero-order valence-electron chi connectivity index (χ0n) is 11.1. The molecule has 6 N–H and O–H groups in total. The molecule has 106 valence electrons. The van der Waals surface area contributed by atoms with Crippen molar-refractivity contribution in [1.82, 2.24) is 9.97 Å². The van der Waals surface area contributed by atoms with E-state index in [0.29, 0.717) is 24.0 Å². The lowest BCUT2D eigenvalue weighted by atomic mass is 9.98. The van der Waals surface area contributed by atoms with Gasteiger partial charge in [-0.3, -0.25) is 0 Å². The summed E-state index contributed by atoms with van der Waals surface area (Å²) in [6.45, 7) is 1.55. The number of aliphatic hydroxyl groups is 2. The van der Waals surface area contributed by atoms with Crippen molar-refractivity contribution in [3.63, 3.8) is 0 Å². The van der Waals surface area contributed by atoms with Gasteiger partial charge in [-0.15, -0.1) is 0 Å². The van der Waals surface area contributed by atoms with Crippen LogP contribution in [0.5, 0.6) is 0 Å². The molecule has 0 saturated heterocycles. The third-order valence-electron chi connectivity index (χ3n) is 3.51. The van der Waals surface area contributed by atoms with Gasteiger partial charge in [0.15, 0.2) is 0 Å². The van der Waals surface area contributed by atoms with Gasteiger partial charge in [0.1, 0.15) is 17.5 Å². The fourth-order valence-corrected chi connectivity index (χ4v) is 1.84. The van der Waals surface area contributed by atoms with E-state index >= 15 is 0 Å². The summed E-state index contributed by atoms with van der Waals surface area (Å²) in [5.41, 5.74) is 1.74. The zero-order valence-corrected chi connectivity index (χ0v) is 11.1. The van der Waals surface area contributed by atoms with Gasteiger partial charge in [0, 0.05) is 12.0 Å². The Bertz CT molecular complexity index is 424. The summed E-state index contributed by atoms with van der Waals surface area (Å²) in [7, 11) is 0. The molecule has 0 aromatic carbocycles. The lowest BCUT2D eigenvalue weighted by molar-refractivity contribution is 0.132. The summed E-state index contributed by atoms with van der Waals surface area (Å²) in [5, 5.41) is 22.0. The number of nitrogen functional groups attached to an aromatic ring is 1. The van der Waals surface area contributed by atoms with Crippen LogP contribution in [0.4, 0.5) is 11.6 Å². The first-order chi connectivity index (χ1) is 9.16. The normalized spacial score (nSPS) is 15.4. The Kier molecular flexibility index (Phi) is 4.18. The standard InChI is InChI=1S/C12H21N5O2/c1-2-12(6-18,7-19)16-9-5-10(17-13)15-11(14-9)8-3-4-8/h5,8,18-19H,2-4,6-7,13H2,1H3,(H2,14,15,16,17). The van der Waals surface area contributed by atoms with Crippen molar-refractivity contribution in [3.8, 4) is 0 Å². The number of aromatic nitrogens is 2. The van der Waals surface area contributed by atoms with Crippen LogP contribution >= 0.6 is 0 Å². The van der Waals surface area contributed by atoms with Gasteiger partial charge in [0.05, 0.1) is 18.8 Å².